The minimum Gasteiger partial charge on any atom is -0.291 e. The molecule has 0 atom stereocenters. The summed E-state index contributed by atoms with van der Waals surface area (Å²) in [5.74, 6) is 0.977. The van der Waals surface area contributed by atoms with Gasteiger partial charge in [0.1, 0.15) is 0 Å². The van der Waals surface area contributed by atoms with Gasteiger partial charge in [0.15, 0.2) is 0 Å². The molecule has 0 heterocycles. The monoisotopic (exact) mass is 225 g/mol. The summed E-state index contributed by atoms with van der Waals surface area (Å²) in [6.45, 7) is 8.73. The normalized spacial score (nSPS) is 11.5. The lowest BCUT2D eigenvalue weighted by molar-refractivity contribution is 0.389. The number of thioether (sulfide) groups is 1. The fraction of sp³-hybridized carbons (Fsp3) is 0.500. The van der Waals surface area contributed by atoms with Crippen molar-refractivity contribution in [2.75, 3.05) is 5.48 Å². The number of hydrogen-bond donors (Lipinski definition) is 2. The lowest BCUT2D eigenvalue weighted by Gasteiger charge is -2.18. The van der Waals surface area contributed by atoms with Gasteiger partial charge in [-0.3, -0.25) is 10.7 Å². The van der Waals surface area contributed by atoms with Crippen LogP contribution >= 0.6 is 11.8 Å². The van der Waals surface area contributed by atoms with Crippen molar-refractivity contribution in [3.05, 3.63) is 29.3 Å². The highest BCUT2D eigenvalue weighted by Gasteiger charge is 2.11. The van der Waals surface area contributed by atoms with Crippen LogP contribution in [-0.4, -0.2) is 9.95 Å². The Morgan fingerprint density at radius 2 is 2.00 bits per heavy atom. The van der Waals surface area contributed by atoms with Crippen molar-refractivity contribution in [1.82, 2.24) is 0 Å². The maximum Gasteiger partial charge on any atom is 0.0605 e. The number of rotatable bonds is 3. The molecule has 2 nitrogen and oxygen atoms in total. The molecule has 0 aliphatic rings. The van der Waals surface area contributed by atoms with Crippen LogP contribution in [0.2, 0.25) is 0 Å². The summed E-state index contributed by atoms with van der Waals surface area (Å²) >= 11 is 1.91. The van der Waals surface area contributed by atoms with Crippen LogP contribution in [0.15, 0.2) is 18.2 Å². The second-order valence-electron chi connectivity index (χ2n) is 4.65. The van der Waals surface area contributed by atoms with E-state index in [1.807, 2.05) is 30.0 Å². The third-order valence-corrected chi connectivity index (χ3v) is 3.46. The van der Waals surface area contributed by atoms with Crippen LogP contribution in [0.25, 0.3) is 0 Å². The number of aryl methyl sites for hydroxylation is 1. The van der Waals surface area contributed by atoms with Gasteiger partial charge in [-0.25, -0.2) is 0 Å². The van der Waals surface area contributed by atoms with Crippen LogP contribution in [0.5, 0.6) is 0 Å². The first-order valence-corrected chi connectivity index (χ1v) is 6.04. The number of hydrogen-bond acceptors (Lipinski definition) is 3. The molecule has 15 heavy (non-hydrogen) atoms. The molecule has 1 rings (SSSR count). The Balaban J connectivity index is 2.75. The molecular weight excluding hydrogens is 206 g/mol. The Labute approximate surface area is 96.0 Å². The van der Waals surface area contributed by atoms with Crippen molar-refractivity contribution in [3.8, 4) is 0 Å². The molecule has 0 spiro atoms. The predicted octanol–water partition coefficient (Wildman–Crippen LogP) is 3.83. The SMILES string of the molecule is Cc1ccc(NO)cc1CSC(C)(C)C. The number of benzene rings is 1. The average Bonchev–Trinajstić information content (AvgIpc) is 2.15. The van der Waals surface area contributed by atoms with Gasteiger partial charge in [-0.05, 0) is 30.2 Å². The van der Waals surface area contributed by atoms with Gasteiger partial charge in [0.2, 0.25) is 0 Å². The lowest BCUT2D eigenvalue weighted by atomic mass is 10.1. The van der Waals surface area contributed by atoms with Crippen LogP contribution in [0.4, 0.5) is 5.69 Å². The molecule has 2 N–H and O–H groups in total. The Kier molecular flexibility index (Phi) is 4.05. The third-order valence-electron chi connectivity index (χ3n) is 2.14. The van der Waals surface area contributed by atoms with E-state index in [2.05, 4.69) is 33.2 Å². The first-order chi connectivity index (χ1) is 6.92. The minimum atomic E-state index is 0.273. The molecule has 0 bridgehead atoms. The molecule has 0 radical (unpaired) electrons. The van der Waals surface area contributed by atoms with Gasteiger partial charge in [-0.15, -0.1) is 0 Å². The van der Waals surface area contributed by atoms with Crippen LogP contribution in [0, 0.1) is 6.92 Å². The fourth-order valence-electron chi connectivity index (χ4n) is 1.19. The maximum atomic E-state index is 8.82. The highest BCUT2D eigenvalue weighted by molar-refractivity contribution is 7.99. The van der Waals surface area contributed by atoms with E-state index in [-0.39, 0.29) is 4.75 Å². The molecular formula is C12H19NOS. The van der Waals surface area contributed by atoms with Gasteiger partial charge in [-0.2, -0.15) is 11.8 Å². The largest absolute Gasteiger partial charge is 0.291 e. The molecule has 3 heteroatoms. The zero-order chi connectivity index (χ0) is 11.5. The first kappa shape index (κ1) is 12.4. The molecule has 1 aromatic rings. The van der Waals surface area contributed by atoms with Crippen LogP contribution in [0.1, 0.15) is 31.9 Å². The lowest BCUT2D eigenvalue weighted by Crippen LogP contribution is -2.08. The van der Waals surface area contributed by atoms with Gasteiger partial charge < -0.3 is 0 Å². The third kappa shape index (κ3) is 4.14. The van der Waals surface area contributed by atoms with Crippen molar-refractivity contribution < 1.29 is 5.21 Å². The van der Waals surface area contributed by atoms with Crippen molar-refractivity contribution in [3.63, 3.8) is 0 Å². The minimum absolute atomic E-state index is 0.273. The average molecular weight is 225 g/mol. The molecule has 0 aromatic heterocycles. The summed E-state index contributed by atoms with van der Waals surface area (Å²) in [5, 5.41) is 8.82. The van der Waals surface area contributed by atoms with Gasteiger partial charge in [-0.1, -0.05) is 26.8 Å². The van der Waals surface area contributed by atoms with E-state index in [9.17, 15) is 0 Å². The smallest absolute Gasteiger partial charge is 0.0605 e. The predicted molar refractivity (Wildman–Crippen MR) is 67.6 cm³/mol. The van der Waals surface area contributed by atoms with Crippen LogP contribution in [0.3, 0.4) is 0 Å². The Hall–Kier alpha value is -0.670. The molecule has 0 amide bonds. The summed E-state index contributed by atoms with van der Waals surface area (Å²) in [6.07, 6.45) is 0. The second-order valence-corrected chi connectivity index (χ2v) is 6.46. The van der Waals surface area contributed by atoms with Crippen LogP contribution in [-0.2, 0) is 5.75 Å². The highest BCUT2D eigenvalue weighted by atomic mass is 32.2. The molecule has 0 unspecified atom stereocenters. The topological polar surface area (TPSA) is 32.3 Å². The van der Waals surface area contributed by atoms with E-state index in [4.69, 9.17) is 5.21 Å². The summed E-state index contributed by atoms with van der Waals surface area (Å²) < 4.78 is 0.273. The van der Waals surface area contributed by atoms with Crippen molar-refractivity contribution >= 4 is 17.4 Å². The summed E-state index contributed by atoms with van der Waals surface area (Å²) in [4.78, 5) is 0. The van der Waals surface area contributed by atoms with E-state index in [1.165, 1.54) is 11.1 Å². The van der Waals surface area contributed by atoms with Gasteiger partial charge >= 0.3 is 0 Å². The number of anilines is 1. The summed E-state index contributed by atoms with van der Waals surface area (Å²) in [7, 11) is 0. The number of nitrogens with one attached hydrogen (secondary N) is 1. The second kappa shape index (κ2) is 4.90. The molecule has 0 saturated carbocycles. The van der Waals surface area contributed by atoms with E-state index in [0.29, 0.717) is 0 Å². The highest BCUT2D eigenvalue weighted by Crippen LogP contribution is 2.29. The van der Waals surface area contributed by atoms with Crippen molar-refractivity contribution in [2.24, 2.45) is 0 Å². The molecule has 0 saturated heterocycles. The van der Waals surface area contributed by atoms with E-state index < -0.39 is 0 Å². The van der Waals surface area contributed by atoms with E-state index in [1.54, 1.807) is 0 Å². The molecule has 84 valence electrons. The van der Waals surface area contributed by atoms with Gasteiger partial charge in [0.05, 0.1) is 5.69 Å². The summed E-state index contributed by atoms with van der Waals surface area (Å²) in [5.41, 5.74) is 5.48. The molecule has 0 aliphatic carbocycles. The van der Waals surface area contributed by atoms with E-state index in [0.717, 1.165) is 11.4 Å². The molecule has 1 aromatic carbocycles. The fourth-order valence-corrected chi connectivity index (χ4v) is 2.09. The molecule has 0 fully saturated rings. The zero-order valence-corrected chi connectivity index (χ0v) is 10.6. The Bertz CT molecular complexity index is 331. The van der Waals surface area contributed by atoms with Crippen LogP contribution < -0.4 is 5.48 Å². The Morgan fingerprint density at radius 3 is 2.53 bits per heavy atom. The quantitative estimate of drug-likeness (QED) is 0.767. The van der Waals surface area contributed by atoms with Gasteiger partial charge in [0, 0.05) is 10.5 Å². The van der Waals surface area contributed by atoms with Crippen molar-refractivity contribution in [1.29, 1.82) is 0 Å². The van der Waals surface area contributed by atoms with Crippen molar-refractivity contribution in [2.45, 2.75) is 38.2 Å². The summed E-state index contributed by atoms with van der Waals surface area (Å²) in [6, 6.07) is 5.89. The van der Waals surface area contributed by atoms with Gasteiger partial charge in [0.25, 0.3) is 0 Å². The Morgan fingerprint density at radius 1 is 1.33 bits per heavy atom. The molecule has 0 aliphatic heterocycles. The maximum absolute atomic E-state index is 8.82. The first-order valence-electron chi connectivity index (χ1n) is 5.06. The van der Waals surface area contributed by atoms with E-state index >= 15 is 0 Å². The standard InChI is InChI=1S/C12H19NOS/c1-9-5-6-11(13-14)7-10(9)8-15-12(2,3)4/h5-7,13-14H,8H2,1-4H3. The zero-order valence-electron chi connectivity index (χ0n) is 9.79.